The van der Waals surface area contributed by atoms with E-state index in [0.717, 1.165) is 0 Å². The molecule has 4 nitrogen and oxygen atoms in total. The molecule has 0 saturated carbocycles. The van der Waals surface area contributed by atoms with Crippen LogP contribution in [0.4, 0.5) is 0 Å². The third-order valence-electron chi connectivity index (χ3n) is 1.89. The van der Waals surface area contributed by atoms with Crippen molar-refractivity contribution in [3.8, 4) is 11.5 Å². The third-order valence-corrected chi connectivity index (χ3v) is 1.89. The molecule has 2 rings (SSSR count). The number of rotatable bonds is 2. The summed E-state index contributed by atoms with van der Waals surface area (Å²) >= 11 is 0. The first kappa shape index (κ1) is 6.70. The van der Waals surface area contributed by atoms with Gasteiger partial charge in [0.15, 0.2) is 11.5 Å². The van der Waals surface area contributed by atoms with Crippen molar-refractivity contribution >= 4 is 5.97 Å². The van der Waals surface area contributed by atoms with Crippen LogP contribution in [0.25, 0.3) is 0 Å². The van der Waals surface area contributed by atoms with Crippen LogP contribution in [0.15, 0.2) is 18.2 Å². The Bertz CT molecular complexity index is 431. The highest BCUT2D eigenvalue weighted by atomic mass is 16.7. The zero-order chi connectivity index (χ0) is 11.8. The maximum absolute atomic E-state index is 11.0. The molecule has 1 aromatic rings. The van der Waals surface area contributed by atoms with E-state index in [9.17, 15) is 4.79 Å². The summed E-state index contributed by atoms with van der Waals surface area (Å²) in [4.78, 5) is 11.0. The number of hydrogen-bond acceptors (Lipinski definition) is 4. The summed E-state index contributed by atoms with van der Waals surface area (Å²) < 4.78 is 28.8. The van der Waals surface area contributed by atoms with Crippen LogP contribution in [0.5, 0.6) is 11.5 Å². The molecule has 0 atom stereocenters. The Morgan fingerprint density at radius 2 is 2.36 bits per heavy atom. The van der Waals surface area contributed by atoms with E-state index in [1.54, 1.807) is 18.2 Å². The molecule has 0 N–H and O–H groups in total. The molecular formula is C10H10O4. The molecular weight excluding hydrogens is 184 g/mol. The van der Waals surface area contributed by atoms with Gasteiger partial charge < -0.3 is 14.2 Å². The molecule has 1 heterocycles. The van der Waals surface area contributed by atoms with Gasteiger partial charge in [-0.3, -0.25) is 4.79 Å². The molecule has 74 valence electrons. The highest BCUT2D eigenvalue weighted by Crippen LogP contribution is 2.32. The Balaban J connectivity index is 2.19. The maximum Gasteiger partial charge on any atom is 0.309 e. The molecule has 0 radical (unpaired) electrons. The number of esters is 1. The molecule has 0 saturated heterocycles. The van der Waals surface area contributed by atoms with Crippen LogP contribution in [0.1, 0.15) is 8.30 Å². The van der Waals surface area contributed by atoms with Crippen LogP contribution in [0, 0.1) is 0 Å². The number of fused-ring (bicyclic) bond motifs is 1. The number of benzene rings is 1. The van der Waals surface area contributed by atoms with Gasteiger partial charge in [0.25, 0.3) is 0 Å². The van der Waals surface area contributed by atoms with Gasteiger partial charge in [-0.2, -0.15) is 0 Å². The van der Waals surface area contributed by atoms with E-state index in [1.165, 1.54) is 7.11 Å². The average molecular weight is 196 g/mol. The number of methoxy groups -OCH3 is 1. The fourth-order valence-electron chi connectivity index (χ4n) is 1.18. The van der Waals surface area contributed by atoms with E-state index in [4.69, 9.17) is 12.2 Å². The largest absolute Gasteiger partial charge is 0.469 e. The van der Waals surface area contributed by atoms with E-state index >= 15 is 0 Å². The van der Waals surface area contributed by atoms with Gasteiger partial charge >= 0.3 is 5.97 Å². The predicted octanol–water partition coefficient (Wildman–Crippen LogP) is 1.13. The molecule has 0 bridgehead atoms. The Hall–Kier alpha value is -1.71. The van der Waals surface area contributed by atoms with Gasteiger partial charge in [0.05, 0.1) is 13.5 Å². The van der Waals surface area contributed by atoms with Crippen LogP contribution in [-0.2, 0) is 16.0 Å². The first-order valence-corrected chi connectivity index (χ1v) is 4.08. The van der Waals surface area contributed by atoms with Gasteiger partial charge in [-0.05, 0) is 17.7 Å². The first-order chi connectivity index (χ1) is 7.50. The topological polar surface area (TPSA) is 44.8 Å². The fraction of sp³-hybridized carbons (Fsp3) is 0.300. The monoisotopic (exact) mass is 196 g/mol. The number of ether oxygens (including phenoxy) is 3. The molecule has 1 aliphatic heterocycles. The zero-order valence-corrected chi connectivity index (χ0v) is 7.57. The Kier molecular flexibility index (Phi) is 1.71. The molecule has 0 unspecified atom stereocenters. The van der Waals surface area contributed by atoms with Crippen LogP contribution in [0.2, 0.25) is 0 Å². The summed E-state index contributed by atoms with van der Waals surface area (Å²) in [6.45, 7) is -2.13. The fourth-order valence-corrected chi connectivity index (χ4v) is 1.18. The van der Waals surface area contributed by atoms with Crippen LogP contribution >= 0.6 is 0 Å². The average Bonchev–Trinajstić information content (AvgIpc) is 2.51. The van der Waals surface area contributed by atoms with E-state index in [2.05, 4.69) is 4.74 Å². The molecule has 0 fully saturated rings. The van der Waals surface area contributed by atoms with Gasteiger partial charge in [0.2, 0.25) is 6.75 Å². The smallest absolute Gasteiger partial charge is 0.309 e. The van der Waals surface area contributed by atoms with Crippen molar-refractivity contribution in [2.45, 2.75) is 6.42 Å². The lowest BCUT2D eigenvalue weighted by Gasteiger charge is -2.01. The highest BCUT2D eigenvalue weighted by Gasteiger charge is 2.14. The van der Waals surface area contributed by atoms with Gasteiger partial charge in [-0.1, -0.05) is 6.07 Å². The summed E-state index contributed by atoms with van der Waals surface area (Å²) in [6, 6.07) is 4.80. The summed E-state index contributed by atoms with van der Waals surface area (Å²) in [5.41, 5.74) is 0.687. The minimum atomic E-state index is -2.13. The van der Waals surface area contributed by atoms with Crippen molar-refractivity contribution in [3.63, 3.8) is 0 Å². The molecule has 1 aliphatic rings. The zero-order valence-electron chi connectivity index (χ0n) is 9.57. The van der Waals surface area contributed by atoms with Crippen molar-refractivity contribution in [3.05, 3.63) is 23.8 Å². The van der Waals surface area contributed by atoms with Gasteiger partial charge in [-0.25, -0.2) is 0 Å². The molecule has 0 amide bonds. The van der Waals surface area contributed by atoms with Crippen LogP contribution < -0.4 is 9.47 Å². The van der Waals surface area contributed by atoms with Gasteiger partial charge in [-0.15, -0.1) is 0 Å². The maximum atomic E-state index is 11.0. The first-order valence-electron chi connectivity index (χ1n) is 5.08. The SMILES string of the molecule is [2H]C1([2H])Oc2ccc(CC(=O)OC)cc2O1. The lowest BCUT2D eigenvalue weighted by atomic mass is 10.1. The number of carbonyl (C=O) groups is 1. The second-order valence-corrected chi connectivity index (χ2v) is 2.82. The van der Waals surface area contributed by atoms with E-state index < -0.39 is 6.75 Å². The van der Waals surface area contributed by atoms with Crippen molar-refractivity contribution in [1.29, 1.82) is 0 Å². The second kappa shape index (κ2) is 3.57. The van der Waals surface area contributed by atoms with Crippen molar-refractivity contribution in [2.24, 2.45) is 0 Å². The molecule has 0 aromatic heterocycles. The Labute approximate surface area is 84.2 Å². The standard InChI is InChI=1S/C10H10O4/c1-12-10(11)5-7-2-3-8-9(4-7)14-6-13-8/h2-4H,5-6H2,1H3/i6D2. The summed E-state index contributed by atoms with van der Waals surface area (Å²) in [5, 5.41) is 0. The number of carbonyl (C=O) groups excluding carboxylic acids is 1. The van der Waals surface area contributed by atoms with Crippen LogP contribution in [0.3, 0.4) is 0 Å². The predicted molar refractivity (Wildman–Crippen MR) is 48.3 cm³/mol. The second-order valence-electron chi connectivity index (χ2n) is 2.82. The molecule has 14 heavy (non-hydrogen) atoms. The summed E-state index contributed by atoms with van der Waals surface area (Å²) in [5.74, 6) is 0.270. The molecule has 0 aliphatic carbocycles. The minimum Gasteiger partial charge on any atom is -0.469 e. The lowest BCUT2D eigenvalue weighted by Crippen LogP contribution is -2.04. The molecule has 4 heteroatoms. The molecule has 0 spiro atoms. The van der Waals surface area contributed by atoms with Gasteiger partial charge in [0, 0.05) is 0 Å². The quantitative estimate of drug-likeness (QED) is 0.665. The Morgan fingerprint density at radius 3 is 3.14 bits per heavy atom. The summed E-state index contributed by atoms with van der Waals surface area (Å²) in [6.07, 6.45) is 0.121. The van der Waals surface area contributed by atoms with E-state index in [-0.39, 0.29) is 12.4 Å². The third kappa shape index (κ3) is 1.64. The van der Waals surface area contributed by atoms with Crippen molar-refractivity contribution < 1.29 is 21.7 Å². The Morgan fingerprint density at radius 1 is 1.57 bits per heavy atom. The number of hydrogen-bond donors (Lipinski definition) is 0. The van der Waals surface area contributed by atoms with E-state index in [1.807, 2.05) is 0 Å². The van der Waals surface area contributed by atoms with Crippen molar-refractivity contribution in [2.75, 3.05) is 13.9 Å². The van der Waals surface area contributed by atoms with Crippen molar-refractivity contribution in [1.82, 2.24) is 0 Å². The lowest BCUT2D eigenvalue weighted by molar-refractivity contribution is -0.139. The van der Waals surface area contributed by atoms with Gasteiger partial charge in [0.1, 0.15) is 2.74 Å². The summed E-state index contributed by atoms with van der Waals surface area (Å²) in [7, 11) is 1.31. The minimum absolute atomic E-state index is 0.121. The van der Waals surface area contributed by atoms with Crippen LogP contribution in [-0.4, -0.2) is 19.8 Å². The molecule has 1 aromatic carbocycles. The normalized spacial score (nSPS) is 18.4. The highest BCUT2D eigenvalue weighted by molar-refractivity contribution is 5.72. The van der Waals surface area contributed by atoms with E-state index in [0.29, 0.717) is 17.1 Å².